The van der Waals surface area contributed by atoms with Crippen molar-refractivity contribution in [2.24, 2.45) is 0 Å². The first-order chi connectivity index (χ1) is 6.64. The van der Waals surface area contributed by atoms with Gasteiger partial charge in [-0.1, -0.05) is 25.1 Å². The topological polar surface area (TPSA) is 20.2 Å². The lowest BCUT2D eigenvalue weighted by Gasteiger charge is -2.25. The Bertz CT molecular complexity index is 354. The molecule has 1 atom stereocenters. The van der Waals surface area contributed by atoms with Crippen molar-refractivity contribution in [3.05, 3.63) is 35.6 Å². The van der Waals surface area contributed by atoms with Crippen molar-refractivity contribution in [1.82, 2.24) is 0 Å². The van der Waals surface area contributed by atoms with E-state index in [0.29, 0.717) is 6.42 Å². The Morgan fingerprint density at radius 1 is 1.50 bits per heavy atom. The molecule has 0 aliphatic rings. The highest BCUT2D eigenvalue weighted by atomic mass is 19.1. The van der Waals surface area contributed by atoms with Crippen LogP contribution in [0.5, 0.6) is 0 Å². The Balaban J connectivity index is 3.13. The van der Waals surface area contributed by atoms with Crippen molar-refractivity contribution < 1.29 is 9.50 Å². The summed E-state index contributed by atoms with van der Waals surface area (Å²) in [7, 11) is 0. The van der Waals surface area contributed by atoms with Crippen molar-refractivity contribution in [1.29, 1.82) is 0 Å². The van der Waals surface area contributed by atoms with Crippen LogP contribution in [0.1, 0.15) is 25.3 Å². The molecule has 1 unspecified atom stereocenters. The van der Waals surface area contributed by atoms with Crippen LogP contribution in [-0.4, -0.2) is 5.11 Å². The molecule has 74 valence electrons. The number of rotatable bonds is 3. The van der Waals surface area contributed by atoms with Gasteiger partial charge in [-0.25, -0.2) is 4.39 Å². The van der Waals surface area contributed by atoms with Gasteiger partial charge in [-0.3, -0.25) is 0 Å². The zero-order valence-electron chi connectivity index (χ0n) is 8.13. The van der Waals surface area contributed by atoms with Crippen LogP contribution in [0.15, 0.2) is 24.3 Å². The molecule has 0 aliphatic heterocycles. The average molecular weight is 192 g/mol. The summed E-state index contributed by atoms with van der Waals surface area (Å²) in [5, 5.41) is 10.1. The number of hydrogen-bond acceptors (Lipinski definition) is 1. The quantitative estimate of drug-likeness (QED) is 0.729. The Morgan fingerprint density at radius 2 is 2.14 bits per heavy atom. The first-order valence-corrected chi connectivity index (χ1v) is 4.55. The van der Waals surface area contributed by atoms with E-state index in [1.165, 1.54) is 6.07 Å². The largest absolute Gasteiger partial charge is 0.384 e. The molecule has 2 heteroatoms. The van der Waals surface area contributed by atoms with Crippen molar-refractivity contribution in [3.63, 3.8) is 0 Å². The van der Waals surface area contributed by atoms with Gasteiger partial charge in [0.1, 0.15) is 11.4 Å². The molecular weight excluding hydrogens is 179 g/mol. The lowest BCUT2D eigenvalue weighted by atomic mass is 9.88. The Hall–Kier alpha value is -1.33. The Labute approximate surface area is 83.6 Å². The molecule has 0 spiro atoms. The van der Waals surface area contributed by atoms with E-state index >= 15 is 0 Å². The molecule has 0 aromatic heterocycles. The maximum absolute atomic E-state index is 13.4. The van der Waals surface area contributed by atoms with Crippen molar-refractivity contribution >= 4 is 0 Å². The van der Waals surface area contributed by atoms with Crippen LogP contribution < -0.4 is 0 Å². The number of halogens is 1. The van der Waals surface area contributed by atoms with Crippen LogP contribution in [-0.2, 0) is 5.60 Å². The second-order valence-electron chi connectivity index (χ2n) is 3.25. The molecule has 0 saturated carbocycles. The lowest BCUT2D eigenvalue weighted by Crippen LogP contribution is -2.25. The summed E-state index contributed by atoms with van der Waals surface area (Å²) < 4.78 is 13.4. The third-order valence-corrected chi connectivity index (χ3v) is 2.35. The number of benzene rings is 1. The highest BCUT2D eigenvalue weighted by Gasteiger charge is 2.28. The maximum Gasteiger partial charge on any atom is 0.129 e. The van der Waals surface area contributed by atoms with Gasteiger partial charge in [0, 0.05) is 12.0 Å². The molecule has 0 amide bonds. The van der Waals surface area contributed by atoms with Gasteiger partial charge in [0.25, 0.3) is 0 Å². The number of hydrogen-bond donors (Lipinski definition) is 1. The molecule has 0 bridgehead atoms. The van der Waals surface area contributed by atoms with Crippen LogP contribution in [0.2, 0.25) is 0 Å². The smallest absolute Gasteiger partial charge is 0.129 e. The molecular formula is C12H13FO. The van der Waals surface area contributed by atoms with Crippen molar-refractivity contribution in [2.45, 2.75) is 25.4 Å². The second-order valence-corrected chi connectivity index (χ2v) is 3.25. The van der Waals surface area contributed by atoms with Gasteiger partial charge < -0.3 is 5.11 Å². The Morgan fingerprint density at radius 3 is 2.64 bits per heavy atom. The van der Waals surface area contributed by atoms with E-state index < -0.39 is 11.4 Å². The minimum absolute atomic E-state index is 0.129. The summed E-state index contributed by atoms with van der Waals surface area (Å²) in [6.07, 6.45) is 5.68. The SMILES string of the molecule is C#CCC(O)(CC)c1ccccc1F. The minimum atomic E-state index is -1.24. The summed E-state index contributed by atoms with van der Waals surface area (Å²) in [6.45, 7) is 1.78. The molecule has 1 rings (SSSR count). The second kappa shape index (κ2) is 4.26. The summed E-state index contributed by atoms with van der Waals surface area (Å²) in [5.74, 6) is 1.96. The van der Waals surface area contributed by atoms with Gasteiger partial charge in [-0.05, 0) is 12.5 Å². The molecule has 1 N–H and O–H groups in total. The predicted octanol–water partition coefficient (Wildman–Crippen LogP) is 2.45. The highest BCUT2D eigenvalue weighted by molar-refractivity contribution is 5.25. The third-order valence-electron chi connectivity index (χ3n) is 2.35. The Kier molecular flexibility index (Phi) is 3.27. The van der Waals surface area contributed by atoms with Crippen LogP contribution >= 0.6 is 0 Å². The molecule has 14 heavy (non-hydrogen) atoms. The standard InChI is InChI=1S/C12H13FO/c1-3-9-12(14,4-2)10-7-5-6-8-11(10)13/h1,5-8,14H,4,9H2,2H3. The van der Waals surface area contributed by atoms with Crippen LogP contribution in [0.3, 0.4) is 0 Å². The monoisotopic (exact) mass is 192 g/mol. The van der Waals surface area contributed by atoms with E-state index in [0.717, 1.165) is 0 Å². The molecule has 0 saturated heterocycles. The molecule has 0 heterocycles. The lowest BCUT2D eigenvalue weighted by molar-refractivity contribution is 0.0342. The molecule has 1 nitrogen and oxygen atoms in total. The van der Waals surface area contributed by atoms with Gasteiger partial charge in [-0.2, -0.15) is 0 Å². The predicted molar refractivity (Wildman–Crippen MR) is 54.0 cm³/mol. The summed E-state index contributed by atoms with van der Waals surface area (Å²) in [4.78, 5) is 0. The van der Waals surface area contributed by atoms with E-state index in [-0.39, 0.29) is 12.0 Å². The highest BCUT2D eigenvalue weighted by Crippen LogP contribution is 2.29. The van der Waals surface area contributed by atoms with Crippen LogP contribution in [0.25, 0.3) is 0 Å². The fourth-order valence-corrected chi connectivity index (χ4v) is 1.42. The van der Waals surface area contributed by atoms with E-state index in [1.54, 1.807) is 25.1 Å². The summed E-state index contributed by atoms with van der Waals surface area (Å²) in [6, 6.07) is 6.17. The van der Waals surface area contributed by atoms with Gasteiger partial charge in [0.2, 0.25) is 0 Å². The van der Waals surface area contributed by atoms with Crippen LogP contribution in [0, 0.1) is 18.2 Å². The minimum Gasteiger partial charge on any atom is -0.384 e. The zero-order valence-corrected chi connectivity index (χ0v) is 8.13. The first kappa shape index (κ1) is 10.7. The van der Waals surface area contributed by atoms with Crippen molar-refractivity contribution in [3.8, 4) is 12.3 Å². The van der Waals surface area contributed by atoms with E-state index in [9.17, 15) is 9.50 Å². The average Bonchev–Trinajstić information content (AvgIpc) is 2.18. The van der Waals surface area contributed by atoms with E-state index in [2.05, 4.69) is 5.92 Å². The van der Waals surface area contributed by atoms with Gasteiger partial charge in [0.15, 0.2) is 0 Å². The number of terminal acetylenes is 1. The summed E-state index contributed by atoms with van der Waals surface area (Å²) >= 11 is 0. The zero-order chi connectivity index (χ0) is 10.6. The normalized spacial score (nSPS) is 14.4. The fourth-order valence-electron chi connectivity index (χ4n) is 1.42. The maximum atomic E-state index is 13.4. The van der Waals surface area contributed by atoms with E-state index in [1.807, 2.05) is 0 Å². The third kappa shape index (κ3) is 1.94. The number of aliphatic hydroxyl groups is 1. The first-order valence-electron chi connectivity index (χ1n) is 4.55. The molecule has 0 aliphatic carbocycles. The van der Waals surface area contributed by atoms with Gasteiger partial charge in [-0.15, -0.1) is 12.3 Å². The van der Waals surface area contributed by atoms with Crippen LogP contribution in [0.4, 0.5) is 4.39 Å². The van der Waals surface area contributed by atoms with Gasteiger partial charge >= 0.3 is 0 Å². The molecule has 0 radical (unpaired) electrons. The van der Waals surface area contributed by atoms with Gasteiger partial charge in [0.05, 0.1) is 0 Å². The van der Waals surface area contributed by atoms with E-state index in [4.69, 9.17) is 6.42 Å². The molecule has 1 aromatic rings. The molecule has 0 fully saturated rings. The van der Waals surface area contributed by atoms with Crippen molar-refractivity contribution in [2.75, 3.05) is 0 Å². The fraction of sp³-hybridized carbons (Fsp3) is 0.333. The summed E-state index contributed by atoms with van der Waals surface area (Å²) in [5.41, 5.74) is -0.958. The molecule has 1 aromatic carbocycles.